The summed E-state index contributed by atoms with van der Waals surface area (Å²) in [6.07, 6.45) is 0.254. The third-order valence-corrected chi connectivity index (χ3v) is 5.33. The lowest BCUT2D eigenvalue weighted by Crippen LogP contribution is -2.33. The molecule has 0 saturated carbocycles. The summed E-state index contributed by atoms with van der Waals surface area (Å²) in [6.45, 7) is 5.00. The first-order valence-electron chi connectivity index (χ1n) is 7.19. The molecular formula is C15H19F2NO4S. The molecule has 0 amide bonds. The van der Waals surface area contributed by atoms with Crippen molar-refractivity contribution in [2.75, 3.05) is 13.1 Å². The van der Waals surface area contributed by atoms with E-state index in [0.29, 0.717) is 0 Å². The van der Waals surface area contributed by atoms with Crippen LogP contribution < -0.4 is 0 Å². The van der Waals surface area contributed by atoms with Crippen molar-refractivity contribution in [3.05, 3.63) is 29.8 Å². The van der Waals surface area contributed by atoms with E-state index in [2.05, 4.69) is 0 Å². The van der Waals surface area contributed by atoms with Crippen LogP contribution in [0.3, 0.4) is 0 Å². The monoisotopic (exact) mass is 347 g/mol. The highest BCUT2D eigenvalue weighted by Gasteiger charge is 2.39. The lowest BCUT2D eigenvalue weighted by atomic mass is 10.1. The maximum Gasteiger partial charge on any atom is 0.310 e. The lowest BCUT2D eigenvalue weighted by molar-refractivity contribution is -0.159. The van der Waals surface area contributed by atoms with E-state index in [1.165, 1.54) is 0 Å². The number of carbonyl (C=O) groups is 1. The van der Waals surface area contributed by atoms with E-state index in [1.54, 1.807) is 20.8 Å². The number of esters is 1. The minimum atomic E-state index is -4.33. The lowest BCUT2D eigenvalue weighted by Gasteiger charge is -2.22. The van der Waals surface area contributed by atoms with Gasteiger partial charge in [-0.3, -0.25) is 4.79 Å². The van der Waals surface area contributed by atoms with Crippen LogP contribution in [0, 0.1) is 17.6 Å². The summed E-state index contributed by atoms with van der Waals surface area (Å²) in [6, 6.07) is 2.87. The molecule has 23 heavy (non-hydrogen) atoms. The fourth-order valence-electron chi connectivity index (χ4n) is 2.38. The van der Waals surface area contributed by atoms with E-state index in [-0.39, 0.29) is 19.5 Å². The van der Waals surface area contributed by atoms with Gasteiger partial charge in [0.2, 0.25) is 10.0 Å². The number of carbonyl (C=O) groups excluding carboxylic acids is 1. The minimum Gasteiger partial charge on any atom is -0.460 e. The first-order chi connectivity index (χ1) is 10.5. The van der Waals surface area contributed by atoms with Gasteiger partial charge in [0.05, 0.1) is 5.92 Å². The topological polar surface area (TPSA) is 63.7 Å². The number of halogens is 2. The second-order valence-electron chi connectivity index (χ2n) is 6.43. The summed E-state index contributed by atoms with van der Waals surface area (Å²) in [7, 11) is -4.33. The Labute approximate surface area is 134 Å². The molecule has 1 atom stereocenters. The quantitative estimate of drug-likeness (QED) is 0.787. The highest BCUT2D eigenvalue weighted by molar-refractivity contribution is 7.89. The summed E-state index contributed by atoms with van der Waals surface area (Å²) in [5, 5.41) is 0. The molecule has 8 heteroatoms. The summed E-state index contributed by atoms with van der Waals surface area (Å²) < 4.78 is 58.5. The first-order valence-corrected chi connectivity index (χ1v) is 8.63. The van der Waals surface area contributed by atoms with Gasteiger partial charge in [0.25, 0.3) is 0 Å². The van der Waals surface area contributed by atoms with Crippen molar-refractivity contribution in [2.45, 2.75) is 37.7 Å². The largest absolute Gasteiger partial charge is 0.460 e. The number of ether oxygens (including phenoxy) is 1. The fourth-order valence-corrected chi connectivity index (χ4v) is 3.99. The second kappa shape index (κ2) is 6.16. The molecule has 0 N–H and O–H groups in total. The van der Waals surface area contributed by atoms with Gasteiger partial charge in [0.15, 0.2) is 4.90 Å². The van der Waals surface area contributed by atoms with Gasteiger partial charge in [-0.15, -0.1) is 0 Å². The maximum absolute atomic E-state index is 13.7. The van der Waals surface area contributed by atoms with Crippen molar-refractivity contribution >= 4 is 16.0 Å². The molecule has 1 aromatic carbocycles. The molecule has 5 nitrogen and oxygen atoms in total. The van der Waals surface area contributed by atoms with Gasteiger partial charge in [-0.05, 0) is 39.3 Å². The van der Waals surface area contributed by atoms with Gasteiger partial charge in [-0.25, -0.2) is 17.2 Å². The third kappa shape index (κ3) is 3.87. The molecular weight excluding hydrogens is 328 g/mol. The summed E-state index contributed by atoms with van der Waals surface area (Å²) in [4.78, 5) is 11.0. The van der Waals surface area contributed by atoms with Gasteiger partial charge < -0.3 is 4.74 Å². The minimum absolute atomic E-state index is 0.0139. The van der Waals surface area contributed by atoms with E-state index in [1.807, 2.05) is 0 Å². The number of hydrogen-bond donors (Lipinski definition) is 0. The molecule has 1 aliphatic heterocycles. The van der Waals surface area contributed by atoms with E-state index in [0.717, 1.165) is 22.5 Å². The highest BCUT2D eigenvalue weighted by atomic mass is 32.2. The summed E-state index contributed by atoms with van der Waals surface area (Å²) >= 11 is 0. The number of sulfonamides is 1. The Balaban J connectivity index is 2.20. The van der Waals surface area contributed by atoms with Gasteiger partial charge >= 0.3 is 5.97 Å². The number of benzene rings is 1. The molecule has 1 saturated heterocycles. The van der Waals surface area contributed by atoms with Gasteiger partial charge in [0, 0.05) is 13.1 Å². The molecule has 0 aliphatic carbocycles. The average molecular weight is 347 g/mol. The Morgan fingerprint density at radius 3 is 2.35 bits per heavy atom. The van der Waals surface area contributed by atoms with Crippen molar-refractivity contribution in [3.8, 4) is 0 Å². The van der Waals surface area contributed by atoms with Crippen LogP contribution in [-0.2, 0) is 19.6 Å². The van der Waals surface area contributed by atoms with E-state index >= 15 is 0 Å². The molecule has 0 aromatic heterocycles. The Hall–Kier alpha value is -1.54. The van der Waals surface area contributed by atoms with Crippen LogP contribution in [0.15, 0.2) is 23.1 Å². The zero-order valence-corrected chi connectivity index (χ0v) is 14.0. The van der Waals surface area contributed by atoms with Crippen molar-refractivity contribution < 1.29 is 26.7 Å². The van der Waals surface area contributed by atoms with Gasteiger partial charge in [-0.1, -0.05) is 6.07 Å². The average Bonchev–Trinajstić information content (AvgIpc) is 2.86. The number of hydrogen-bond acceptors (Lipinski definition) is 4. The summed E-state index contributed by atoms with van der Waals surface area (Å²) in [5.74, 6) is -3.44. The number of nitrogens with zero attached hydrogens (tertiary/aromatic N) is 1. The highest BCUT2D eigenvalue weighted by Crippen LogP contribution is 2.28. The standard InChI is InChI=1S/C15H19F2NO4S/c1-15(2,3)22-14(19)10-7-8-18(9-10)23(20,21)13-11(16)5-4-6-12(13)17/h4-6,10H,7-9H2,1-3H3. The van der Waals surface area contributed by atoms with Crippen LogP contribution in [-0.4, -0.2) is 37.4 Å². The smallest absolute Gasteiger partial charge is 0.310 e. The zero-order chi connectivity index (χ0) is 17.4. The molecule has 0 bridgehead atoms. The van der Waals surface area contributed by atoms with Gasteiger partial charge in [0.1, 0.15) is 17.2 Å². The second-order valence-corrected chi connectivity index (χ2v) is 8.31. The molecule has 1 fully saturated rings. The molecule has 1 unspecified atom stereocenters. The van der Waals surface area contributed by atoms with Crippen LogP contribution >= 0.6 is 0 Å². The molecule has 1 aromatic rings. The SMILES string of the molecule is CC(C)(C)OC(=O)C1CCN(S(=O)(=O)c2c(F)cccc2F)C1. The van der Waals surface area contributed by atoms with Crippen LogP contribution in [0.5, 0.6) is 0 Å². The van der Waals surface area contributed by atoms with Crippen LogP contribution in [0.25, 0.3) is 0 Å². The molecule has 128 valence electrons. The van der Waals surface area contributed by atoms with E-state index < -0.39 is 44.0 Å². The zero-order valence-electron chi connectivity index (χ0n) is 13.2. The number of rotatable bonds is 3. The maximum atomic E-state index is 13.7. The van der Waals surface area contributed by atoms with Crippen molar-refractivity contribution in [2.24, 2.45) is 5.92 Å². The summed E-state index contributed by atoms with van der Waals surface area (Å²) in [5.41, 5.74) is -0.680. The molecule has 1 aliphatic rings. The third-order valence-electron chi connectivity index (χ3n) is 3.41. The van der Waals surface area contributed by atoms with E-state index in [4.69, 9.17) is 4.74 Å². The Morgan fingerprint density at radius 1 is 1.26 bits per heavy atom. The predicted octanol–water partition coefficient (Wildman–Crippen LogP) is 2.32. The Kier molecular flexibility index (Phi) is 4.77. The van der Waals surface area contributed by atoms with E-state index in [9.17, 15) is 22.0 Å². The molecule has 1 heterocycles. The van der Waals surface area contributed by atoms with Crippen molar-refractivity contribution in [1.82, 2.24) is 4.31 Å². The van der Waals surface area contributed by atoms with Crippen LogP contribution in [0.2, 0.25) is 0 Å². The fraction of sp³-hybridized carbons (Fsp3) is 0.533. The predicted molar refractivity (Wildman–Crippen MR) is 79.1 cm³/mol. The first kappa shape index (κ1) is 17.8. The molecule has 2 rings (SSSR count). The normalized spacial score (nSPS) is 19.8. The molecule has 0 spiro atoms. The van der Waals surface area contributed by atoms with Gasteiger partial charge in [-0.2, -0.15) is 4.31 Å². The van der Waals surface area contributed by atoms with Crippen LogP contribution in [0.1, 0.15) is 27.2 Å². The Morgan fingerprint density at radius 2 is 1.83 bits per heavy atom. The van der Waals surface area contributed by atoms with Crippen molar-refractivity contribution in [3.63, 3.8) is 0 Å². The molecule has 0 radical (unpaired) electrons. The Bertz CT molecular complexity index is 692. The van der Waals surface area contributed by atoms with Crippen LogP contribution in [0.4, 0.5) is 8.78 Å². The van der Waals surface area contributed by atoms with Crippen molar-refractivity contribution in [1.29, 1.82) is 0 Å².